The summed E-state index contributed by atoms with van der Waals surface area (Å²) in [5.74, 6) is -3.03. The van der Waals surface area contributed by atoms with Crippen molar-refractivity contribution in [3.05, 3.63) is 42.8 Å². The molecule has 1 aromatic carbocycles. The maximum absolute atomic E-state index is 11.9. The van der Waals surface area contributed by atoms with Gasteiger partial charge in [-0.15, -0.1) is 24.0 Å². The number of hydrogen-bond donors (Lipinski definition) is 0. The minimum Gasteiger partial charge on any atom is -0.856 e. The summed E-state index contributed by atoms with van der Waals surface area (Å²) in [6, 6.07) is 7.43. The minimum atomic E-state index is -5.05. The third kappa shape index (κ3) is 9.35. The van der Waals surface area contributed by atoms with Crippen LogP contribution in [0.15, 0.2) is 35.3 Å². The van der Waals surface area contributed by atoms with Crippen molar-refractivity contribution in [2.75, 3.05) is 0 Å². The predicted molar refractivity (Wildman–Crippen MR) is 78.9 cm³/mol. The fraction of sp³-hybridized carbons (Fsp3) is 0.308. The van der Waals surface area contributed by atoms with Crippen molar-refractivity contribution in [2.45, 2.75) is 25.2 Å². The van der Waals surface area contributed by atoms with E-state index in [1.54, 1.807) is 30.3 Å². The second-order valence-corrected chi connectivity index (χ2v) is 3.94. The molecule has 0 spiro atoms. The molecule has 0 aromatic heterocycles. The fourth-order valence-electron chi connectivity index (χ4n) is 1.27. The molecule has 9 heteroatoms. The van der Waals surface area contributed by atoms with Crippen LogP contribution in [0, 0.1) is 6.92 Å². The zero-order valence-corrected chi connectivity index (χ0v) is 16.8. The molecule has 0 aliphatic rings. The molecule has 1 atom stereocenters. The van der Waals surface area contributed by atoms with Crippen molar-refractivity contribution in [3.63, 3.8) is 0 Å². The maximum atomic E-state index is 11.9. The van der Waals surface area contributed by atoms with Crippen LogP contribution in [0.2, 0.25) is 0 Å². The number of carbonyl (C=O) groups excluding carboxylic acids is 1. The maximum Gasteiger partial charge on any atom is 0.419 e. The van der Waals surface area contributed by atoms with Gasteiger partial charge in [0.2, 0.25) is 0 Å². The van der Waals surface area contributed by atoms with Gasteiger partial charge in [0.05, 0.1) is 18.4 Å². The summed E-state index contributed by atoms with van der Waals surface area (Å²) < 4.78 is 40.6. The molecule has 0 N–H and O–H groups in total. The SMILES string of the molecule is I.[CH2][C@H](CC(=O)OCc1ccccc1)N=C([O-])C(F)(F)F.[Zn]. The molecule has 0 unspecified atom stereocenters. The van der Waals surface area contributed by atoms with E-state index in [4.69, 9.17) is 4.74 Å². The average Bonchev–Trinajstić information content (AvgIpc) is 2.36. The molecule has 0 amide bonds. The molecule has 22 heavy (non-hydrogen) atoms. The topological polar surface area (TPSA) is 61.7 Å². The summed E-state index contributed by atoms with van der Waals surface area (Å²) >= 11 is 0. The van der Waals surface area contributed by atoms with Crippen LogP contribution in [0.5, 0.6) is 0 Å². The van der Waals surface area contributed by atoms with E-state index in [2.05, 4.69) is 11.9 Å². The monoisotopic (exact) mass is 479 g/mol. The van der Waals surface area contributed by atoms with E-state index in [0.29, 0.717) is 0 Å². The molecule has 0 heterocycles. The predicted octanol–water partition coefficient (Wildman–Crippen LogP) is 2.26. The largest absolute Gasteiger partial charge is 0.856 e. The Bertz CT molecular complexity index is 483. The molecule has 0 aliphatic carbocycles. The Kier molecular flexibility index (Phi) is 11.7. The Balaban J connectivity index is 0. The van der Waals surface area contributed by atoms with Crippen LogP contribution in [0.1, 0.15) is 12.0 Å². The van der Waals surface area contributed by atoms with Gasteiger partial charge in [-0.1, -0.05) is 30.3 Å². The van der Waals surface area contributed by atoms with E-state index in [1.807, 2.05) is 0 Å². The molecular weight excluding hydrogens is 467 g/mol. The van der Waals surface area contributed by atoms with Gasteiger partial charge in [-0.25, -0.2) is 0 Å². The molecule has 0 fully saturated rings. The summed E-state index contributed by atoms with van der Waals surface area (Å²) in [7, 11) is 0. The van der Waals surface area contributed by atoms with Gasteiger partial charge in [0.25, 0.3) is 0 Å². The Labute approximate surface area is 155 Å². The van der Waals surface area contributed by atoms with E-state index < -0.39 is 30.5 Å². The van der Waals surface area contributed by atoms with Crippen molar-refractivity contribution in [1.29, 1.82) is 0 Å². The van der Waals surface area contributed by atoms with Crippen molar-refractivity contribution < 1.29 is 47.3 Å². The van der Waals surface area contributed by atoms with E-state index >= 15 is 0 Å². The van der Waals surface area contributed by atoms with Crippen molar-refractivity contribution in [3.8, 4) is 0 Å². The van der Waals surface area contributed by atoms with Gasteiger partial charge < -0.3 is 9.84 Å². The average molecular weight is 481 g/mol. The molecule has 0 saturated heterocycles. The van der Waals surface area contributed by atoms with Crippen molar-refractivity contribution in [1.82, 2.24) is 0 Å². The number of aliphatic imine (C=N–C) groups is 1. The van der Waals surface area contributed by atoms with Crippen LogP contribution < -0.4 is 5.11 Å². The van der Waals surface area contributed by atoms with E-state index in [1.165, 1.54) is 0 Å². The van der Waals surface area contributed by atoms with Gasteiger partial charge in [0.15, 0.2) is 0 Å². The molecule has 0 saturated carbocycles. The minimum absolute atomic E-state index is 0. The number of ether oxygens (including phenoxy) is 1. The first kappa shape index (κ1) is 23.6. The quantitative estimate of drug-likeness (QED) is 0.214. The smallest absolute Gasteiger partial charge is 0.419 e. The molecule has 119 valence electrons. The van der Waals surface area contributed by atoms with E-state index in [-0.39, 0.29) is 50.1 Å². The van der Waals surface area contributed by atoms with Crippen molar-refractivity contribution >= 4 is 35.8 Å². The summed E-state index contributed by atoms with van der Waals surface area (Å²) in [5.41, 5.74) is 0.741. The Hall–Kier alpha value is -0.697. The molecule has 4 nitrogen and oxygen atoms in total. The standard InChI is InChI=1S/C13H13F3NO3.HI.Zn/c1-9(17-12(19)13(14,15)16)7-11(18)20-8-10-5-3-2-4-6-10;;/h2-6,9H,1,7-8H2,(H,17,19);1H;/p-1/t9-;;/m1../s1. The summed E-state index contributed by atoms with van der Waals surface area (Å²) in [5, 5.41) is 10.6. The molecule has 1 aromatic rings. The number of alkyl halides is 3. The van der Waals surface area contributed by atoms with Crippen LogP contribution in [0.25, 0.3) is 0 Å². The number of halogens is 4. The van der Waals surface area contributed by atoms with Gasteiger partial charge in [0, 0.05) is 19.5 Å². The first-order chi connectivity index (χ1) is 9.29. The third-order valence-corrected chi connectivity index (χ3v) is 2.19. The number of esters is 1. The van der Waals surface area contributed by atoms with Crippen LogP contribution in [0.3, 0.4) is 0 Å². The summed E-state index contributed by atoms with van der Waals surface area (Å²) in [4.78, 5) is 14.1. The number of carbonyl (C=O) groups is 1. The van der Waals surface area contributed by atoms with Crippen LogP contribution in [-0.4, -0.2) is 24.1 Å². The zero-order valence-electron chi connectivity index (χ0n) is 11.5. The summed E-state index contributed by atoms with van der Waals surface area (Å²) in [6.07, 6.45) is -5.54. The third-order valence-electron chi connectivity index (χ3n) is 2.19. The first-order valence-electron chi connectivity index (χ1n) is 5.63. The van der Waals surface area contributed by atoms with Gasteiger partial charge >= 0.3 is 12.1 Å². The second-order valence-electron chi connectivity index (χ2n) is 3.94. The summed E-state index contributed by atoms with van der Waals surface area (Å²) in [6.45, 7) is 3.20. The zero-order chi connectivity index (χ0) is 15.2. The Morgan fingerprint density at radius 3 is 2.36 bits per heavy atom. The number of rotatable bonds is 5. The molecule has 1 rings (SSSR count). The van der Waals surface area contributed by atoms with Gasteiger partial charge in [-0.05, 0) is 12.5 Å². The second kappa shape index (κ2) is 10.9. The van der Waals surface area contributed by atoms with Gasteiger partial charge in [-0.2, -0.15) is 13.2 Å². The van der Waals surface area contributed by atoms with E-state index in [9.17, 15) is 23.1 Å². The number of benzene rings is 1. The number of hydrogen-bond acceptors (Lipinski definition) is 4. The van der Waals surface area contributed by atoms with Crippen LogP contribution in [0.4, 0.5) is 13.2 Å². The fourth-order valence-corrected chi connectivity index (χ4v) is 1.27. The van der Waals surface area contributed by atoms with Crippen LogP contribution >= 0.6 is 24.0 Å². The van der Waals surface area contributed by atoms with E-state index in [0.717, 1.165) is 5.56 Å². The Morgan fingerprint density at radius 2 is 1.86 bits per heavy atom. The van der Waals surface area contributed by atoms with Gasteiger partial charge in [-0.3, -0.25) is 9.79 Å². The molecule has 1 radical (unpaired) electrons. The van der Waals surface area contributed by atoms with Crippen LogP contribution in [-0.2, 0) is 35.6 Å². The molecule has 0 aliphatic heterocycles. The number of nitrogens with zero attached hydrogens (tertiary/aromatic N) is 1. The van der Waals surface area contributed by atoms with Crippen molar-refractivity contribution in [2.24, 2.45) is 4.99 Å². The normalized spacial score (nSPS) is 12.6. The van der Waals surface area contributed by atoms with Gasteiger partial charge in [0.1, 0.15) is 6.61 Å². The molecule has 0 bridgehead atoms. The Morgan fingerprint density at radius 1 is 1.32 bits per heavy atom. The first-order valence-corrected chi connectivity index (χ1v) is 5.63. The molecular formula is C13H13F3INO3Zn-.